The van der Waals surface area contributed by atoms with Crippen LogP contribution in [0.2, 0.25) is 10.0 Å². The highest BCUT2D eigenvalue weighted by Gasteiger charge is 2.16. The summed E-state index contributed by atoms with van der Waals surface area (Å²) in [5, 5.41) is 1.24. The van der Waals surface area contributed by atoms with Crippen molar-refractivity contribution >= 4 is 51.6 Å². The van der Waals surface area contributed by atoms with Crippen molar-refractivity contribution in [2.75, 3.05) is 0 Å². The Labute approximate surface area is 136 Å². The standard InChI is InChI=1S/C15H11Cl2IO/c1-8-6-13(17)9(2)5-11(8)15(19)12-7-10(16)3-4-14(12)18/h3-7H,1-2H3. The third-order valence-corrected chi connectivity index (χ3v) is 4.51. The molecular weight excluding hydrogens is 394 g/mol. The van der Waals surface area contributed by atoms with Crippen molar-refractivity contribution < 1.29 is 4.79 Å². The molecule has 0 saturated heterocycles. The van der Waals surface area contributed by atoms with Gasteiger partial charge < -0.3 is 0 Å². The second-order valence-electron chi connectivity index (χ2n) is 4.37. The van der Waals surface area contributed by atoms with Crippen molar-refractivity contribution in [1.82, 2.24) is 0 Å². The first-order valence-electron chi connectivity index (χ1n) is 5.66. The van der Waals surface area contributed by atoms with Crippen molar-refractivity contribution in [3.05, 3.63) is 66.2 Å². The average molecular weight is 405 g/mol. The van der Waals surface area contributed by atoms with Crippen LogP contribution in [-0.4, -0.2) is 5.78 Å². The van der Waals surface area contributed by atoms with Gasteiger partial charge in [0.2, 0.25) is 0 Å². The molecule has 0 radical (unpaired) electrons. The van der Waals surface area contributed by atoms with Crippen LogP contribution in [-0.2, 0) is 0 Å². The summed E-state index contributed by atoms with van der Waals surface area (Å²) in [4.78, 5) is 12.6. The van der Waals surface area contributed by atoms with Crippen LogP contribution in [0.3, 0.4) is 0 Å². The number of rotatable bonds is 2. The van der Waals surface area contributed by atoms with Gasteiger partial charge in [-0.25, -0.2) is 0 Å². The average Bonchev–Trinajstić information content (AvgIpc) is 2.36. The minimum atomic E-state index is -0.0239. The minimum absolute atomic E-state index is 0.0239. The molecule has 0 aliphatic rings. The van der Waals surface area contributed by atoms with Gasteiger partial charge in [-0.3, -0.25) is 4.79 Å². The van der Waals surface area contributed by atoms with E-state index in [1.165, 1.54) is 0 Å². The van der Waals surface area contributed by atoms with Gasteiger partial charge in [0.1, 0.15) is 0 Å². The molecule has 0 saturated carbocycles. The second kappa shape index (κ2) is 5.81. The van der Waals surface area contributed by atoms with Crippen LogP contribution in [0.5, 0.6) is 0 Å². The summed E-state index contributed by atoms with van der Waals surface area (Å²) in [6, 6.07) is 8.97. The van der Waals surface area contributed by atoms with E-state index in [0.717, 1.165) is 14.7 Å². The first kappa shape index (κ1) is 14.8. The van der Waals surface area contributed by atoms with E-state index in [1.54, 1.807) is 12.1 Å². The van der Waals surface area contributed by atoms with Crippen LogP contribution >= 0.6 is 45.8 Å². The number of hydrogen-bond acceptors (Lipinski definition) is 1. The maximum Gasteiger partial charge on any atom is 0.194 e. The van der Waals surface area contributed by atoms with Crippen LogP contribution in [0.15, 0.2) is 30.3 Å². The minimum Gasteiger partial charge on any atom is -0.289 e. The molecule has 2 aromatic rings. The summed E-state index contributed by atoms with van der Waals surface area (Å²) < 4.78 is 0.888. The lowest BCUT2D eigenvalue weighted by atomic mass is 9.97. The molecule has 0 heterocycles. The molecule has 19 heavy (non-hydrogen) atoms. The van der Waals surface area contributed by atoms with Crippen LogP contribution in [0.25, 0.3) is 0 Å². The zero-order valence-electron chi connectivity index (χ0n) is 10.4. The molecule has 0 spiro atoms. The van der Waals surface area contributed by atoms with Gasteiger partial charge in [-0.15, -0.1) is 0 Å². The zero-order valence-corrected chi connectivity index (χ0v) is 14.1. The summed E-state index contributed by atoms with van der Waals surface area (Å²) in [7, 11) is 0. The number of hydrogen-bond donors (Lipinski definition) is 0. The summed E-state index contributed by atoms with van der Waals surface area (Å²) in [5.74, 6) is -0.0239. The Morgan fingerprint density at radius 2 is 1.68 bits per heavy atom. The van der Waals surface area contributed by atoms with Gasteiger partial charge in [0.25, 0.3) is 0 Å². The highest BCUT2D eigenvalue weighted by Crippen LogP contribution is 2.25. The quantitative estimate of drug-likeness (QED) is 0.480. The molecule has 0 aliphatic carbocycles. The van der Waals surface area contributed by atoms with Crippen molar-refractivity contribution in [3.8, 4) is 0 Å². The Bertz CT molecular complexity index is 665. The lowest BCUT2D eigenvalue weighted by molar-refractivity contribution is 0.103. The van der Waals surface area contributed by atoms with E-state index in [1.807, 2.05) is 32.0 Å². The predicted octanol–water partition coefficient (Wildman–Crippen LogP) is 5.45. The van der Waals surface area contributed by atoms with Crippen LogP contribution in [0.4, 0.5) is 0 Å². The van der Waals surface area contributed by atoms with Gasteiger partial charge in [0.05, 0.1) is 0 Å². The fourth-order valence-corrected chi connectivity index (χ4v) is 2.81. The molecule has 0 unspecified atom stereocenters. The number of carbonyl (C=O) groups is 1. The smallest absolute Gasteiger partial charge is 0.194 e. The maximum absolute atomic E-state index is 12.6. The van der Waals surface area contributed by atoms with E-state index in [0.29, 0.717) is 21.2 Å². The lowest BCUT2D eigenvalue weighted by Gasteiger charge is -2.09. The van der Waals surface area contributed by atoms with E-state index in [2.05, 4.69) is 22.6 Å². The molecule has 98 valence electrons. The zero-order chi connectivity index (χ0) is 14.2. The third kappa shape index (κ3) is 3.12. The van der Waals surface area contributed by atoms with Gasteiger partial charge in [0, 0.05) is 24.7 Å². The fourth-order valence-electron chi connectivity index (χ4n) is 1.84. The predicted molar refractivity (Wildman–Crippen MR) is 88.5 cm³/mol. The topological polar surface area (TPSA) is 17.1 Å². The summed E-state index contributed by atoms with van der Waals surface area (Å²) >= 11 is 14.2. The molecule has 4 heteroatoms. The van der Waals surface area contributed by atoms with Crippen LogP contribution < -0.4 is 0 Å². The van der Waals surface area contributed by atoms with Crippen molar-refractivity contribution in [1.29, 1.82) is 0 Å². The largest absolute Gasteiger partial charge is 0.289 e. The summed E-state index contributed by atoms with van der Waals surface area (Å²) in [6.45, 7) is 3.78. The van der Waals surface area contributed by atoms with Crippen LogP contribution in [0, 0.1) is 17.4 Å². The van der Waals surface area contributed by atoms with Gasteiger partial charge in [-0.05, 0) is 77.9 Å². The SMILES string of the molecule is Cc1cc(C(=O)c2cc(Cl)ccc2I)c(C)cc1Cl. The molecule has 0 aliphatic heterocycles. The molecular formula is C15H11Cl2IO. The Hall–Kier alpha value is -0.580. The normalized spacial score (nSPS) is 10.6. The van der Waals surface area contributed by atoms with Crippen molar-refractivity contribution in [2.24, 2.45) is 0 Å². The number of benzene rings is 2. The maximum atomic E-state index is 12.6. The van der Waals surface area contributed by atoms with Crippen molar-refractivity contribution in [2.45, 2.75) is 13.8 Å². The monoisotopic (exact) mass is 404 g/mol. The van der Waals surface area contributed by atoms with Gasteiger partial charge in [-0.2, -0.15) is 0 Å². The third-order valence-electron chi connectivity index (χ3n) is 2.92. The van der Waals surface area contributed by atoms with Gasteiger partial charge in [-0.1, -0.05) is 23.2 Å². The summed E-state index contributed by atoms with van der Waals surface area (Å²) in [5.41, 5.74) is 3.06. The molecule has 0 N–H and O–H groups in total. The molecule has 2 aromatic carbocycles. The van der Waals surface area contributed by atoms with Crippen LogP contribution in [0.1, 0.15) is 27.0 Å². The molecule has 0 amide bonds. The van der Waals surface area contributed by atoms with E-state index in [-0.39, 0.29) is 5.78 Å². The molecule has 0 aromatic heterocycles. The first-order chi connectivity index (χ1) is 8.90. The summed E-state index contributed by atoms with van der Waals surface area (Å²) in [6.07, 6.45) is 0. The van der Waals surface area contributed by atoms with E-state index >= 15 is 0 Å². The highest BCUT2D eigenvalue weighted by atomic mass is 127. The Morgan fingerprint density at radius 1 is 1.00 bits per heavy atom. The number of halogens is 3. The molecule has 2 rings (SSSR count). The fraction of sp³-hybridized carbons (Fsp3) is 0.133. The lowest BCUT2D eigenvalue weighted by Crippen LogP contribution is -2.06. The molecule has 0 bridgehead atoms. The first-order valence-corrected chi connectivity index (χ1v) is 7.50. The number of ketones is 1. The van der Waals surface area contributed by atoms with Crippen molar-refractivity contribution in [3.63, 3.8) is 0 Å². The second-order valence-corrected chi connectivity index (χ2v) is 6.38. The molecule has 0 atom stereocenters. The Balaban J connectivity index is 2.56. The van der Waals surface area contributed by atoms with Gasteiger partial charge in [0.15, 0.2) is 5.78 Å². The molecule has 1 nitrogen and oxygen atoms in total. The Kier molecular flexibility index (Phi) is 4.54. The number of aryl methyl sites for hydroxylation is 2. The van der Waals surface area contributed by atoms with Gasteiger partial charge >= 0.3 is 0 Å². The van der Waals surface area contributed by atoms with E-state index < -0.39 is 0 Å². The Morgan fingerprint density at radius 3 is 2.37 bits per heavy atom. The molecule has 0 fully saturated rings. The highest BCUT2D eigenvalue weighted by molar-refractivity contribution is 14.1. The van der Waals surface area contributed by atoms with E-state index in [4.69, 9.17) is 23.2 Å². The van der Waals surface area contributed by atoms with E-state index in [9.17, 15) is 4.79 Å². The number of carbonyl (C=O) groups excluding carboxylic acids is 1.